The lowest BCUT2D eigenvalue weighted by Crippen LogP contribution is -2.16. The fourth-order valence-corrected chi connectivity index (χ4v) is 2.84. The second-order valence-electron chi connectivity index (χ2n) is 5.79. The summed E-state index contributed by atoms with van der Waals surface area (Å²) in [4.78, 5) is 0. The van der Waals surface area contributed by atoms with E-state index in [2.05, 4.69) is 5.32 Å². The Kier molecular flexibility index (Phi) is 6.54. The molecular weight excluding hydrogens is 264 g/mol. The highest BCUT2D eigenvalue weighted by molar-refractivity contribution is 5.49. The Balaban J connectivity index is 1.83. The Labute approximate surface area is 127 Å². The first-order valence-corrected chi connectivity index (χ1v) is 7.92. The first-order valence-electron chi connectivity index (χ1n) is 7.92. The van der Waals surface area contributed by atoms with Gasteiger partial charge < -0.3 is 15.2 Å². The first kappa shape index (κ1) is 15.8. The molecule has 1 fully saturated rings. The molecule has 0 radical (unpaired) electrons. The quantitative estimate of drug-likeness (QED) is 0.391. The van der Waals surface area contributed by atoms with Crippen LogP contribution in [0.15, 0.2) is 24.3 Å². The topological polar surface area (TPSA) is 65.3 Å². The number of aliphatic hydroxyl groups excluding tert-OH is 1. The van der Waals surface area contributed by atoms with E-state index < -0.39 is 6.10 Å². The predicted octanol–water partition coefficient (Wildman–Crippen LogP) is 3.27. The number of benzene rings is 1. The van der Waals surface area contributed by atoms with Gasteiger partial charge in [0, 0.05) is 6.54 Å². The Morgan fingerprint density at radius 2 is 2.14 bits per heavy atom. The van der Waals surface area contributed by atoms with E-state index in [9.17, 15) is 5.11 Å². The average molecular weight is 290 g/mol. The van der Waals surface area contributed by atoms with Crippen LogP contribution in [0, 0.1) is 11.3 Å². The molecule has 1 aliphatic carbocycles. The molecule has 0 amide bonds. The van der Waals surface area contributed by atoms with E-state index in [0.717, 1.165) is 24.3 Å². The van der Waals surface area contributed by atoms with Gasteiger partial charge in [0.1, 0.15) is 5.75 Å². The molecule has 4 heteroatoms. The van der Waals surface area contributed by atoms with Crippen LogP contribution in [0.2, 0.25) is 0 Å². The highest BCUT2D eigenvalue weighted by Gasteiger charge is 2.14. The van der Waals surface area contributed by atoms with Crippen molar-refractivity contribution in [2.45, 2.75) is 44.6 Å². The SMILES string of the molecule is N=CNCCC(O)c1cccc(OCC2CCCCC2)c1. The van der Waals surface area contributed by atoms with Gasteiger partial charge in [0.2, 0.25) is 0 Å². The summed E-state index contributed by atoms with van der Waals surface area (Å²) < 4.78 is 5.90. The first-order chi connectivity index (χ1) is 10.3. The van der Waals surface area contributed by atoms with Crippen LogP contribution in [0.5, 0.6) is 5.75 Å². The fourth-order valence-electron chi connectivity index (χ4n) is 2.84. The van der Waals surface area contributed by atoms with Crippen LogP contribution in [-0.2, 0) is 0 Å². The third kappa shape index (κ3) is 5.38. The van der Waals surface area contributed by atoms with Crippen molar-refractivity contribution in [3.63, 3.8) is 0 Å². The van der Waals surface area contributed by atoms with Crippen molar-refractivity contribution in [1.82, 2.24) is 5.32 Å². The van der Waals surface area contributed by atoms with Crippen molar-refractivity contribution >= 4 is 6.34 Å². The number of rotatable bonds is 8. The highest BCUT2D eigenvalue weighted by atomic mass is 16.5. The zero-order chi connectivity index (χ0) is 14.9. The summed E-state index contributed by atoms with van der Waals surface area (Å²) in [6, 6.07) is 7.73. The van der Waals surface area contributed by atoms with Gasteiger partial charge in [0.05, 0.1) is 19.0 Å². The van der Waals surface area contributed by atoms with E-state index >= 15 is 0 Å². The van der Waals surface area contributed by atoms with Gasteiger partial charge in [0.15, 0.2) is 0 Å². The van der Waals surface area contributed by atoms with Crippen LogP contribution in [0.4, 0.5) is 0 Å². The molecule has 0 saturated heterocycles. The Morgan fingerprint density at radius 1 is 1.33 bits per heavy atom. The largest absolute Gasteiger partial charge is 0.493 e. The van der Waals surface area contributed by atoms with Gasteiger partial charge >= 0.3 is 0 Å². The second kappa shape index (κ2) is 8.67. The normalized spacial score (nSPS) is 17.2. The zero-order valence-corrected chi connectivity index (χ0v) is 12.6. The van der Waals surface area contributed by atoms with Gasteiger partial charge in [0.25, 0.3) is 0 Å². The van der Waals surface area contributed by atoms with Gasteiger partial charge in [-0.05, 0) is 42.9 Å². The molecule has 0 heterocycles. The summed E-state index contributed by atoms with van der Waals surface area (Å²) in [5.41, 5.74) is 0.878. The lowest BCUT2D eigenvalue weighted by molar-refractivity contribution is 0.167. The van der Waals surface area contributed by atoms with Crippen molar-refractivity contribution in [2.75, 3.05) is 13.2 Å². The van der Waals surface area contributed by atoms with Gasteiger partial charge in [-0.2, -0.15) is 0 Å². The lowest BCUT2D eigenvalue weighted by atomic mass is 9.90. The van der Waals surface area contributed by atoms with Crippen molar-refractivity contribution in [1.29, 1.82) is 5.41 Å². The molecular formula is C17H26N2O2. The minimum Gasteiger partial charge on any atom is -0.493 e. The molecule has 1 atom stereocenters. The Hall–Kier alpha value is -1.55. The van der Waals surface area contributed by atoms with Crippen molar-refractivity contribution in [3.8, 4) is 5.75 Å². The Morgan fingerprint density at radius 3 is 2.90 bits per heavy atom. The molecule has 21 heavy (non-hydrogen) atoms. The molecule has 0 aliphatic heterocycles. The number of aliphatic hydroxyl groups is 1. The van der Waals surface area contributed by atoms with Crippen LogP contribution in [0.3, 0.4) is 0 Å². The summed E-state index contributed by atoms with van der Waals surface area (Å²) in [6.07, 6.45) is 7.78. The maximum atomic E-state index is 10.1. The third-order valence-electron chi connectivity index (χ3n) is 4.12. The molecule has 0 bridgehead atoms. The summed E-state index contributed by atoms with van der Waals surface area (Å²) in [6.45, 7) is 1.38. The molecule has 0 spiro atoms. The summed E-state index contributed by atoms with van der Waals surface area (Å²) in [5.74, 6) is 1.53. The molecule has 0 aromatic heterocycles. The van der Waals surface area contributed by atoms with E-state index in [1.54, 1.807) is 0 Å². The van der Waals surface area contributed by atoms with Crippen LogP contribution in [-0.4, -0.2) is 24.6 Å². The standard InChI is InChI=1S/C17H26N2O2/c18-13-19-10-9-17(20)15-7-4-8-16(11-15)21-12-14-5-2-1-3-6-14/h4,7-8,11,13-14,17,20H,1-3,5-6,9-10,12H2,(H2,18,19). The predicted molar refractivity (Wildman–Crippen MR) is 84.9 cm³/mol. The van der Waals surface area contributed by atoms with E-state index in [4.69, 9.17) is 10.1 Å². The second-order valence-corrected chi connectivity index (χ2v) is 5.79. The van der Waals surface area contributed by atoms with Crippen molar-refractivity contribution in [2.24, 2.45) is 5.92 Å². The van der Waals surface area contributed by atoms with Gasteiger partial charge in [-0.1, -0.05) is 31.4 Å². The monoisotopic (exact) mass is 290 g/mol. The maximum absolute atomic E-state index is 10.1. The van der Waals surface area contributed by atoms with Gasteiger partial charge in [-0.3, -0.25) is 5.41 Å². The molecule has 3 N–H and O–H groups in total. The number of hydrogen-bond acceptors (Lipinski definition) is 3. The van der Waals surface area contributed by atoms with Crippen LogP contribution < -0.4 is 10.1 Å². The van der Waals surface area contributed by atoms with Gasteiger partial charge in [-0.15, -0.1) is 0 Å². The molecule has 1 aromatic rings. The molecule has 1 aromatic carbocycles. The maximum Gasteiger partial charge on any atom is 0.119 e. The van der Waals surface area contributed by atoms with Crippen LogP contribution in [0.1, 0.15) is 50.2 Å². The number of hydrogen-bond donors (Lipinski definition) is 3. The zero-order valence-electron chi connectivity index (χ0n) is 12.6. The Bertz CT molecular complexity index is 431. The molecule has 1 unspecified atom stereocenters. The molecule has 116 valence electrons. The summed E-state index contributed by atoms with van der Waals surface area (Å²) in [5, 5.41) is 19.8. The smallest absolute Gasteiger partial charge is 0.119 e. The fraction of sp³-hybridized carbons (Fsp3) is 0.588. The van der Waals surface area contributed by atoms with Crippen LogP contribution >= 0.6 is 0 Å². The van der Waals surface area contributed by atoms with E-state index in [1.807, 2.05) is 24.3 Å². The molecule has 1 saturated carbocycles. The number of nitrogens with one attached hydrogen (secondary N) is 2. The lowest BCUT2D eigenvalue weighted by Gasteiger charge is -2.22. The van der Waals surface area contributed by atoms with E-state index in [-0.39, 0.29) is 0 Å². The van der Waals surface area contributed by atoms with E-state index in [0.29, 0.717) is 18.9 Å². The van der Waals surface area contributed by atoms with Crippen molar-refractivity contribution < 1.29 is 9.84 Å². The minimum atomic E-state index is -0.518. The highest BCUT2D eigenvalue weighted by Crippen LogP contribution is 2.26. The van der Waals surface area contributed by atoms with Crippen molar-refractivity contribution in [3.05, 3.63) is 29.8 Å². The third-order valence-corrected chi connectivity index (χ3v) is 4.12. The molecule has 2 rings (SSSR count). The average Bonchev–Trinajstić information content (AvgIpc) is 2.54. The van der Waals surface area contributed by atoms with Crippen LogP contribution in [0.25, 0.3) is 0 Å². The minimum absolute atomic E-state index is 0.518. The summed E-state index contributed by atoms with van der Waals surface area (Å²) >= 11 is 0. The van der Waals surface area contributed by atoms with E-state index in [1.165, 1.54) is 32.1 Å². The summed E-state index contributed by atoms with van der Waals surface area (Å²) in [7, 11) is 0. The molecule has 4 nitrogen and oxygen atoms in total. The van der Waals surface area contributed by atoms with Gasteiger partial charge in [-0.25, -0.2) is 0 Å². The molecule has 1 aliphatic rings. The number of ether oxygens (including phenoxy) is 1.